The van der Waals surface area contributed by atoms with Gasteiger partial charge in [-0.1, -0.05) is 82.3 Å². The number of esters is 1. The number of rotatable bonds is 11. The lowest BCUT2D eigenvalue weighted by molar-refractivity contribution is 0.0733. The number of hydrogen-bond donors (Lipinski definition) is 0. The van der Waals surface area contributed by atoms with Crippen LogP contribution in [0.25, 0.3) is 11.4 Å². The van der Waals surface area contributed by atoms with Gasteiger partial charge in [0, 0.05) is 5.56 Å². The quantitative estimate of drug-likeness (QED) is 0.254. The first-order chi connectivity index (χ1) is 15.2. The average Bonchev–Trinajstić information content (AvgIpc) is 2.81. The van der Waals surface area contributed by atoms with Crippen molar-refractivity contribution in [2.45, 2.75) is 65.2 Å². The van der Waals surface area contributed by atoms with E-state index in [1.807, 2.05) is 12.1 Å². The van der Waals surface area contributed by atoms with Crippen LogP contribution in [0.1, 0.15) is 73.9 Å². The molecule has 2 aromatic carbocycles. The average molecular weight is 417 g/mol. The van der Waals surface area contributed by atoms with Crippen LogP contribution >= 0.6 is 0 Å². The van der Waals surface area contributed by atoms with Gasteiger partial charge in [-0.05, 0) is 42.5 Å². The fourth-order valence-corrected chi connectivity index (χ4v) is 3.53. The van der Waals surface area contributed by atoms with Crippen molar-refractivity contribution in [1.82, 2.24) is 9.97 Å². The standard InChI is InChI=1S/C27H32N2O2/c1-3-5-6-7-8-10-22-11-15-23(16-12-22)26-28-19-25(20-29-26)31-27(30)24-17-13-21(9-4-2)14-18-24/h11-20H,3-10H2,1-2H3. The van der Waals surface area contributed by atoms with Crippen LogP contribution in [-0.2, 0) is 12.8 Å². The maximum atomic E-state index is 12.3. The van der Waals surface area contributed by atoms with Gasteiger partial charge in [0.15, 0.2) is 11.6 Å². The monoisotopic (exact) mass is 416 g/mol. The smallest absolute Gasteiger partial charge is 0.343 e. The van der Waals surface area contributed by atoms with Gasteiger partial charge < -0.3 is 4.74 Å². The molecular weight excluding hydrogens is 384 g/mol. The van der Waals surface area contributed by atoms with Gasteiger partial charge in [-0.3, -0.25) is 0 Å². The predicted molar refractivity (Wildman–Crippen MR) is 125 cm³/mol. The van der Waals surface area contributed by atoms with E-state index in [0.29, 0.717) is 17.1 Å². The fourth-order valence-electron chi connectivity index (χ4n) is 3.53. The third-order valence-corrected chi connectivity index (χ3v) is 5.35. The van der Waals surface area contributed by atoms with Crippen LogP contribution in [0.5, 0.6) is 5.75 Å². The summed E-state index contributed by atoms with van der Waals surface area (Å²) in [5, 5.41) is 0. The van der Waals surface area contributed by atoms with E-state index in [1.165, 1.54) is 43.2 Å². The van der Waals surface area contributed by atoms with E-state index in [9.17, 15) is 4.79 Å². The Labute approximate surface area is 185 Å². The topological polar surface area (TPSA) is 52.1 Å². The molecule has 0 atom stereocenters. The van der Waals surface area contributed by atoms with Crippen LogP contribution in [0.4, 0.5) is 0 Å². The second kappa shape index (κ2) is 12.0. The number of ether oxygens (including phenoxy) is 1. The van der Waals surface area contributed by atoms with Crippen LogP contribution in [-0.4, -0.2) is 15.9 Å². The van der Waals surface area contributed by atoms with Gasteiger partial charge in [-0.2, -0.15) is 0 Å². The Bertz CT molecular complexity index is 932. The highest BCUT2D eigenvalue weighted by Gasteiger charge is 2.10. The first-order valence-electron chi connectivity index (χ1n) is 11.4. The normalized spacial score (nSPS) is 10.8. The number of nitrogens with zero attached hydrogens (tertiary/aromatic N) is 2. The summed E-state index contributed by atoms with van der Waals surface area (Å²) in [6, 6.07) is 15.9. The van der Waals surface area contributed by atoms with Crippen molar-refractivity contribution in [3.8, 4) is 17.1 Å². The molecule has 3 aromatic rings. The third kappa shape index (κ3) is 7.02. The van der Waals surface area contributed by atoms with Gasteiger partial charge in [0.05, 0.1) is 18.0 Å². The molecule has 0 radical (unpaired) electrons. The zero-order valence-electron chi connectivity index (χ0n) is 18.6. The number of carbonyl (C=O) groups excluding carboxylic acids is 1. The van der Waals surface area contributed by atoms with Crippen LogP contribution in [0.15, 0.2) is 60.9 Å². The minimum Gasteiger partial charge on any atom is -0.420 e. The van der Waals surface area contributed by atoms with E-state index in [4.69, 9.17) is 4.74 Å². The molecule has 0 saturated carbocycles. The Morgan fingerprint density at radius 1 is 0.742 bits per heavy atom. The molecule has 0 bridgehead atoms. The van der Waals surface area contributed by atoms with Gasteiger partial charge in [-0.25, -0.2) is 14.8 Å². The van der Waals surface area contributed by atoms with Gasteiger partial charge in [0.1, 0.15) is 0 Å². The molecule has 0 aliphatic rings. The first-order valence-corrected chi connectivity index (χ1v) is 11.4. The van der Waals surface area contributed by atoms with E-state index in [-0.39, 0.29) is 0 Å². The molecule has 1 aromatic heterocycles. The van der Waals surface area contributed by atoms with Crippen molar-refractivity contribution in [3.05, 3.63) is 77.6 Å². The Kier molecular flexibility index (Phi) is 8.77. The lowest BCUT2D eigenvalue weighted by Gasteiger charge is -2.06. The molecule has 0 unspecified atom stereocenters. The van der Waals surface area contributed by atoms with Crippen LogP contribution in [0.2, 0.25) is 0 Å². The number of aromatic nitrogens is 2. The van der Waals surface area contributed by atoms with Gasteiger partial charge in [-0.15, -0.1) is 0 Å². The zero-order chi connectivity index (χ0) is 21.9. The summed E-state index contributed by atoms with van der Waals surface area (Å²) < 4.78 is 5.42. The maximum Gasteiger partial charge on any atom is 0.343 e. The first kappa shape index (κ1) is 22.7. The third-order valence-electron chi connectivity index (χ3n) is 5.35. The van der Waals surface area contributed by atoms with E-state index in [2.05, 4.69) is 48.1 Å². The van der Waals surface area contributed by atoms with E-state index < -0.39 is 5.97 Å². The molecule has 0 N–H and O–H groups in total. The molecule has 0 amide bonds. The summed E-state index contributed by atoms with van der Waals surface area (Å²) in [4.78, 5) is 21.1. The van der Waals surface area contributed by atoms with Crippen LogP contribution < -0.4 is 4.74 Å². The molecule has 162 valence electrons. The number of carbonyl (C=O) groups is 1. The Morgan fingerprint density at radius 2 is 1.35 bits per heavy atom. The molecule has 31 heavy (non-hydrogen) atoms. The molecule has 4 nitrogen and oxygen atoms in total. The molecular formula is C27H32N2O2. The summed E-state index contributed by atoms with van der Waals surface area (Å²) in [5.41, 5.74) is 4.04. The number of unbranched alkanes of at least 4 members (excludes halogenated alkanes) is 4. The Hall–Kier alpha value is -3.01. The highest BCUT2D eigenvalue weighted by atomic mass is 16.5. The summed E-state index contributed by atoms with van der Waals surface area (Å²) in [5.74, 6) is 0.566. The highest BCUT2D eigenvalue weighted by Crippen LogP contribution is 2.19. The molecule has 0 aliphatic carbocycles. The summed E-state index contributed by atoms with van der Waals surface area (Å²) in [6.07, 6.45) is 12.7. The zero-order valence-corrected chi connectivity index (χ0v) is 18.6. The Morgan fingerprint density at radius 3 is 2.00 bits per heavy atom. The van der Waals surface area contributed by atoms with Gasteiger partial charge in [0.2, 0.25) is 0 Å². The molecule has 0 saturated heterocycles. The lowest BCUT2D eigenvalue weighted by Crippen LogP contribution is -2.09. The second-order valence-electron chi connectivity index (χ2n) is 7.94. The number of benzene rings is 2. The number of aryl methyl sites for hydroxylation is 2. The molecule has 0 aliphatic heterocycles. The van der Waals surface area contributed by atoms with Crippen LogP contribution in [0, 0.1) is 0 Å². The van der Waals surface area contributed by atoms with E-state index in [1.54, 1.807) is 24.5 Å². The summed E-state index contributed by atoms with van der Waals surface area (Å²) in [6.45, 7) is 4.37. The van der Waals surface area contributed by atoms with Gasteiger partial charge >= 0.3 is 5.97 Å². The van der Waals surface area contributed by atoms with Crippen molar-refractivity contribution >= 4 is 5.97 Å². The highest BCUT2D eigenvalue weighted by molar-refractivity contribution is 5.91. The predicted octanol–water partition coefficient (Wildman–Crippen LogP) is 6.83. The summed E-state index contributed by atoms with van der Waals surface area (Å²) >= 11 is 0. The molecule has 1 heterocycles. The number of hydrogen-bond acceptors (Lipinski definition) is 4. The SMILES string of the molecule is CCCCCCCc1ccc(-c2ncc(OC(=O)c3ccc(CCC)cc3)cn2)cc1. The summed E-state index contributed by atoms with van der Waals surface area (Å²) in [7, 11) is 0. The van der Waals surface area contributed by atoms with E-state index >= 15 is 0 Å². The largest absolute Gasteiger partial charge is 0.420 e. The van der Waals surface area contributed by atoms with Crippen molar-refractivity contribution in [2.75, 3.05) is 0 Å². The van der Waals surface area contributed by atoms with Crippen LogP contribution in [0.3, 0.4) is 0 Å². The molecule has 0 spiro atoms. The fraction of sp³-hybridized carbons (Fsp3) is 0.370. The second-order valence-corrected chi connectivity index (χ2v) is 7.94. The van der Waals surface area contributed by atoms with Crippen molar-refractivity contribution < 1.29 is 9.53 Å². The van der Waals surface area contributed by atoms with Gasteiger partial charge in [0.25, 0.3) is 0 Å². The maximum absolute atomic E-state index is 12.3. The molecule has 4 heteroatoms. The minimum atomic E-state index is -0.400. The molecule has 0 fully saturated rings. The van der Waals surface area contributed by atoms with E-state index in [0.717, 1.165) is 24.8 Å². The molecule has 3 rings (SSSR count). The Balaban J connectivity index is 1.54. The minimum absolute atomic E-state index is 0.343. The van der Waals surface area contributed by atoms with Crippen molar-refractivity contribution in [3.63, 3.8) is 0 Å². The van der Waals surface area contributed by atoms with Crippen molar-refractivity contribution in [1.29, 1.82) is 0 Å². The lowest BCUT2D eigenvalue weighted by atomic mass is 10.0. The van der Waals surface area contributed by atoms with Crippen molar-refractivity contribution in [2.24, 2.45) is 0 Å².